The molecular formula is C14H28FN3. The summed E-state index contributed by atoms with van der Waals surface area (Å²) in [5.41, 5.74) is -0.940. The Hall–Kier alpha value is -0.190. The van der Waals surface area contributed by atoms with E-state index in [4.69, 9.17) is 0 Å². The number of likely N-dealkylation sites (tertiary alicyclic amines) is 1. The van der Waals surface area contributed by atoms with Gasteiger partial charge in [-0.2, -0.15) is 0 Å². The number of alkyl halides is 1. The normalized spacial score (nSPS) is 26.7. The van der Waals surface area contributed by atoms with Gasteiger partial charge in [0.05, 0.1) is 0 Å². The first-order valence-corrected chi connectivity index (χ1v) is 7.42. The minimum atomic E-state index is -0.940. The molecule has 18 heavy (non-hydrogen) atoms. The highest BCUT2D eigenvalue weighted by molar-refractivity contribution is 4.90. The van der Waals surface area contributed by atoms with E-state index in [1.54, 1.807) is 0 Å². The Morgan fingerprint density at radius 2 is 1.67 bits per heavy atom. The fourth-order valence-electron chi connectivity index (χ4n) is 3.08. The van der Waals surface area contributed by atoms with E-state index in [0.717, 1.165) is 45.8 Å². The zero-order valence-electron chi connectivity index (χ0n) is 11.9. The van der Waals surface area contributed by atoms with Gasteiger partial charge in [0.1, 0.15) is 5.67 Å². The molecule has 1 N–H and O–H groups in total. The predicted molar refractivity (Wildman–Crippen MR) is 73.7 cm³/mol. The third-order valence-electron chi connectivity index (χ3n) is 4.09. The Morgan fingerprint density at radius 3 is 2.22 bits per heavy atom. The van der Waals surface area contributed by atoms with E-state index in [0.29, 0.717) is 25.3 Å². The quantitative estimate of drug-likeness (QED) is 0.820. The van der Waals surface area contributed by atoms with Crippen molar-refractivity contribution in [2.24, 2.45) is 5.92 Å². The van der Waals surface area contributed by atoms with Gasteiger partial charge in [0.25, 0.3) is 0 Å². The predicted octanol–water partition coefficient (Wildman–Crippen LogP) is 1.35. The monoisotopic (exact) mass is 257 g/mol. The Morgan fingerprint density at radius 1 is 1.06 bits per heavy atom. The summed E-state index contributed by atoms with van der Waals surface area (Å²) in [4.78, 5) is 4.70. The molecule has 2 heterocycles. The molecule has 0 amide bonds. The highest BCUT2D eigenvalue weighted by Crippen LogP contribution is 2.28. The molecule has 0 aliphatic carbocycles. The SMILES string of the molecule is CC(C)CN1CCC(F)(CN2CCNCC2)CC1. The number of halogens is 1. The summed E-state index contributed by atoms with van der Waals surface area (Å²) >= 11 is 0. The van der Waals surface area contributed by atoms with Crippen LogP contribution in [0.25, 0.3) is 0 Å². The Labute approximate surface area is 111 Å². The van der Waals surface area contributed by atoms with E-state index < -0.39 is 5.67 Å². The number of piperazine rings is 1. The van der Waals surface area contributed by atoms with Crippen LogP contribution in [0.1, 0.15) is 26.7 Å². The molecule has 0 unspecified atom stereocenters. The molecule has 0 aromatic carbocycles. The lowest BCUT2D eigenvalue weighted by atomic mass is 9.92. The maximum atomic E-state index is 14.8. The van der Waals surface area contributed by atoms with Crippen molar-refractivity contribution >= 4 is 0 Å². The molecule has 0 atom stereocenters. The van der Waals surface area contributed by atoms with Crippen molar-refractivity contribution < 1.29 is 4.39 Å². The maximum absolute atomic E-state index is 14.8. The molecule has 0 aromatic rings. The fourth-order valence-corrected chi connectivity index (χ4v) is 3.08. The molecule has 2 saturated heterocycles. The third kappa shape index (κ3) is 4.18. The van der Waals surface area contributed by atoms with Gasteiger partial charge in [0.15, 0.2) is 0 Å². The number of hydrogen-bond donors (Lipinski definition) is 1. The van der Waals surface area contributed by atoms with Gasteiger partial charge in [-0.3, -0.25) is 4.90 Å². The summed E-state index contributed by atoms with van der Waals surface area (Å²) in [6.07, 6.45) is 1.42. The molecule has 0 bridgehead atoms. The number of nitrogens with one attached hydrogen (secondary N) is 1. The summed E-state index contributed by atoms with van der Waals surface area (Å²) in [6, 6.07) is 0. The lowest BCUT2D eigenvalue weighted by molar-refractivity contribution is 0.0184. The van der Waals surface area contributed by atoms with Crippen LogP contribution in [-0.2, 0) is 0 Å². The molecule has 2 rings (SSSR count). The number of piperidine rings is 1. The minimum absolute atomic E-state index is 0.643. The average Bonchev–Trinajstić information content (AvgIpc) is 2.33. The van der Waals surface area contributed by atoms with E-state index in [1.807, 2.05) is 0 Å². The minimum Gasteiger partial charge on any atom is -0.314 e. The maximum Gasteiger partial charge on any atom is 0.126 e. The second-order valence-corrected chi connectivity index (χ2v) is 6.37. The standard InChI is InChI=1S/C14H28FN3/c1-13(2)11-17-7-3-14(15,4-8-17)12-18-9-5-16-6-10-18/h13,16H,3-12H2,1-2H3. The van der Waals surface area contributed by atoms with Crippen molar-refractivity contribution in [2.45, 2.75) is 32.4 Å². The second kappa shape index (κ2) is 6.31. The molecule has 2 aliphatic rings. The highest BCUT2D eigenvalue weighted by Gasteiger charge is 2.36. The molecule has 0 radical (unpaired) electrons. The van der Waals surface area contributed by atoms with Crippen LogP contribution in [0.5, 0.6) is 0 Å². The van der Waals surface area contributed by atoms with Gasteiger partial charge in [-0.25, -0.2) is 4.39 Å². The fraction of sp³-hybridized carbons (Fsp3) is 1.00. The van der Waals surface area contributed by atoms with Crippen LogP contribution in [0.15, 0.2) is 0 Å². The molecule has 0 aromatic heterocycles. The van der Waals surface area contributed by atoms with Crippen LogP contribution in [0, 0.1) is 5.92 Å². The van der Waals surface area contributed by atoms with E-state index >= 15 is 0 Å². The van der Waals surface area contributed by atoms with Crippen molar-refractivity contribution in [3.63, 3.8) is 0 Å². The summed E-state index contributed by atoms with van der Waals surface area (Å²) in [6.45, 7) is 12.1. The van der Waals surface area contributed by atoms with E-state index in [2.05, 4.69) is 29.0 Å². The third-order valence-corrected chi connectivity index (χ3v) is 4.09. The van der Waals surface area contributed by atoms with Gasteiger partial charge < -0.3 is 10.2 Å². The van der Waals surface area contributed by atoms with Crippen LogP contribution in [0.4, 0.5) is 4.39 Å². The van der Waals surface area contributed by atoms with Gasteiger partial charge in [-0.1, -0.05) is 13.8 Å². The summed E-state index contributed by atoms with van der Waals surface area (Å²) in [5, 5.41) is 3.32. The van der Waals surface area contributed by atoms with Gasteiger partial charge in [-0.15, -0.1) is 0 Å². The Bertz CT molecular complexity index is 243. The zero-order valence-corrected chi connectivity index (χ0v) is 11.9. The van der Waals surface area contributed by atoms with Gasteiger partial charge in [0, 0.05) is 52.4 Å². The molecular weight excluding hydrogens is 229 g/mol. The molecule has 2 aliphatic heterocycles. The highest BCUT2D eigenvalue weighted by atomic mass is 19.1. The lowest BCUT2D eigenvalue weighted by Crippen LogP contribution is -2.52. The van der Waals surface area contributed by atoms with E-state index in [1.165, 1.54) is 0 Å². The molecule has 0 spiro atoms. The largest absolute Gasteiger partial charge is 0.314 e. The molecule has 0 saturated carbocycles. The van der Waals surface area contributed by atoms with Crippen LogP contribution in [0.2, 0.25) is 0 Å². The first kappa shape index (κ1) is 14.2. The van der Waals surface area contributed by atoms with Crippen molar-refractivity contribution in [1.82, 2.24) is 15.1 Å². The molecule has 106 valence electrons. The van der Waals surface area contributed by atoms with Crippen molar-refractivity contribution in [2.75, 3.05) is 52.4 Å². The Kier molecular flexibility index (Phi) is 4.98. The van der Waals surface area contributed by atoms with Gasteiger partial charge in [0.2, 0.25) is 0 Å². The summed E-state index contributed by atoms with van der Waals surface area (Å²) < 4.78 is 14.8. The molecule has 2 fully saturated rings. The van der Waals surface area contributed by atoms with Crippen LogP contribution in [-0.4, -0.2) is 67.8 Å². The first-order chi connectivity index (χ1) is 8.57. The summed E-state index contributed by atoms with van der Waals surface area (Å²) in [5.74, 6) is 0.685. The van der Waals surface area contributed by atoms with Crippen LogP contribution in [0.3, 0.4) is 0 Å². The van der Waals surface area contributed by atoms with E-state index in [9.17, 15) is 4.39 Å². The molecule has 4 heteroatoms. The topological polar surface area (TPSA) is 18.5 Å². The number of hydrogen-bond acceptors (Lipinski definition) is 3. The number of rotatable bonds is 4. The van der Waals surface area contributed by atoms with Crippen LogP contribution < -0.4 is 5.32 Å². The van der Waals surface area contributed by atoms with Crippen molar-refractivity contribution in [1.29, 1.82) is 0 Å². The zero-order chi connectivity index (χ0) is 13.0. The first-order valence-electron chi connectivity index (χ1n) is 7.42. The number of nitrogens with zero attached hydrogens (tertiary/aromatic N) is 2. The van der Waals surface area contributed by atoms with Crippen molar-refractivity contribution in [3.8, 4) is 0 Å². The van der Waals surface area contributed by atoms with E-state index in [-0.39, 0.29) is 0 Å². The Balaban J connectivity index is 1.75. The summed E-state index contributed by atoms with van der Waals surface area (Å²) in [7, 11) is 0. The van der Waals surface area contributed by atoms with Gasteiger partial charge in [-0.05, 0) is 18.8 Å². The van der Waals surface area contributed by atoms with Crippen molar-refractivity contribution in [3.05, 3.63) is 0 Å². The lowest BCUT2D eigenvalue weighted by Gasteiger charge is -2.40. The van der Waals surface area contributed by atoms with Gasteiger partial charge >= 0.3 is 0 Å². The van der Waals surface area contributed by atoms with Crippen LogP contribution >= 0.6 is 0 Å². The second-order valence-electron chi connectivity index (χ2n) is 6.37. The average molecular weight is 257 g/mol. The smallest absolute Gasteiger partial charge is 0.126 e. The molecule has 3 nitrogen and oxygen atoms in total.